The van der Waals surface area contributed by atoms with Gasteiger partial charge in [-0.3, -0.25) is 14.9 Å². The number of thioether (sulfide) groups is 1. The molecule has 0 aliphatic carbocycles. The van der Waals surface area contributed by atoms with Crippen molar-refractivity contribution < 1.29 is 14.3 Å². The minimum absolute atomic E-state index is 0.212. The molecule has 1 unspecified atom stereocenters. The molecule has 2 heterocycles. The van der Waals surface area contributed by atoms with Crippen molar-refractivity contribution in [3.05, 3.63) is 78.4 Å². The van der Waals surface area contributed by atoms with Crippen molar-refractivity contribution in [2.24, 2.45) is 0 Å². The summed E-state index contributed by atoms with van der Waals surface area (Å²) in [6.45, 7) is 1.30. The Hall–Kier alpha value is -3.25. The number of amides is 2. The van der Waals surface area contributed by atoms with Crippen LogP contribution in [0.2, 0.25) is 0 Å². The molecule has 1 aromatic heterocycles. The molecule has 4 aromatic rings. The molecule has 0 radical (unpaired) electrons. The number of hydrogen-bond acceptors (Lipinski definition) is 4. The third-order valence-electron chi connectivity index (χ3n) is 5.37. The zero-order chi connectivity index (χ0) is 20.5. The Morgan fingerprint density at radius 1 is 0.867 bits per heavy atom. The third-order valence-corrected chi connectivity index (χ3v) is 6.36. The first-order valence-electron chi connectivity index (χ1n) is 9.88. The molecule has 0 spiro atoms. The second-order valence-electron chi connectivity index (χ2n) is 7.27. The number of carbonyl (C=O) groups excluding carboxylic acids is 2. The number of rotatable bonds is 6. The topological polar surface area (TPSA) is 60.3 Å². The van der Waals surface area contributed by atoms with Crippen molar-refractivity contribution in [2.45, 2.75) is 18.2 Å². The van der Waals surface area contributed by atoms with Crippen LogP contribution in [-0.4, -0.2) is 27.6 Å². The average molecular weight is 417 g/mol. The number of fused-ring (bicyclic) bond motifs is 3. The predicted molar refractivity (Wildman–Crippen MR) is 120 cm³/mol. The van der Waals surface area contributed by atoms with E-state index in [1.165, 1.54) is 21.8 Å². The van der Waals surface area contributed by atoms with E-state index in [-0.39, 0.29) is 16.4 Å². The average Bonchev–Trinajstić information content (AvgIpc) is 3.26. The van der Waals surface area contributed by atoms with E-state index in [4.69, 9.17) is 4.74 Å². The van der Waals surface area contributed by atoms with Gasteiger partial charge in [0.1, 0.15) is 12.4 Å². The first-order chi connectivity index (χ1) is 14.7. The summed E-state index contributed by atoms with van der Waals surface area (Å²) in [6.07, 6.45) is 0.532. The molecule has 5 nitrogen and oxygen atoms in total. The van der Waals surface area contributed by atoms with Crippen molar-refractivity contribution in [1.29, 1.82) is 0 Å². The van der Waals surface area contributed by atoms with Gasteiger partial charge in [0.2, 0.25) is 5.91 Å². The predicted octanol–water partition coefficient (Wildman–Crippen LogP) is 4.77. The summed E-state index contributed by atoms with van der Waals surface area (Å²) in [6, 6.07) is 24.6. The zero-order valence-corrected chi connectivity index (χ0v) is 17.0. The van der Waals surface area contributed by atoms with E-state index >= 15 is 0 Å². The van der Waals surface area contributed by atoms with E-state index in [0.717, 1.165) is 29.6 Å². The Kier molecular flexibility index (Phi) is 4.93. The van der Waals surface area contributed by atoms with Gasteiger partial charge < -0.3 is 9.30 Å². The number of ether oxygens (including phenoxy) is 1. The van der Waals surface area contributed by atoms with E-state index in [0.29, 0.717) is 13.0 Å². The molecule has 0 bridgehead atoms. The maximum absolute atomic E-state index is 11.7. The monoisotopic (exact) mass is 416 g/mol. The largest absolute Gasteiger partial charge is 0.492 e. The molecule has 30 heavy (non-hydrogen) atoms. The van der Waals surface area contributed by atoms with Gasteiger partial charge in [0.25, 0.3) is 5.24 Å². The number of para-hydroxylation sites is 2. The van der Waals surface area contributed by atoms with E-state index in [2.05, 4.69) is 58.4 Å². The van der Waals surface area contributed by atoms with Gasteiger partial charge in [-0.1, -0.05) is 60.3 Å². The summed E-state index contributed by atoms with van der Waals surface area (Å²) in [5.74, 6) is 0.579. The number of aromatic nitrogens is 1. The van der Waals surface area contributed by atoms with Crippen LogP contribution in [0.3, 0.4) is 0 Å². The first-order valence-corrected chi connectivity index (χ1v) is 10.8. The standard InChI is InChI=1S/C24H20N2O3S/c27-23-22(30-24(28)25-23)15-16-9-11-17(12-10-16)29-14-13-26-20-7-3-1-5-18(20)19-6-2-4-8-21(19)26/h1-12,22H,13-15H2,(H,25,27,28). The summed E-state index contributed by atoms with van der Waals surface area (Å²) in [7, 11) is 0. The van der Waals surface area contributed by atoms with Crippen molar-refractivity contribution in [3.8, 4) is 5.75 Å². The van der Waals surface area contributed by atoms with E-state index in [1.807, 2.05) is 24.3 Å². The number of benzene rings is 3. The van der Waals surface area contributed by atoms with E-state index in [9.17, 15) is 9.59 Å². The van der Waals surface area contributed by atoms with Crippen molar-refractivity contribution in [2.75, 3.05) is 6.61 Å². The lowest BCUT2D eigenvalue weighted by atomic mass is 10.1. The quantitative estimate of drug-likeness (QED) is 0.492. The Labute approximate surface area is 178 Å². The molecule has 1 saturated heterocycles. The minimum atomic E-state index is -0.348. The fraction of sp³-hybridized carbons (Fsp3) is 0.167. The normalized spacial score (nSPS) is 16.3. The lowest BCUT2D eigenvalue weighted by Gasteiger charge is -2.11. The van der Waals surface area contributed by atoms with Gasteiger partial charge in [0.15, 0.2) is 0 Å². The van der Waals surface area contributed by atoms with Crippen LogP contribution in [0, 0.1) is 0 Å². The highest BCUT2D eigenvalue weighted by Crippen LogP contribution is 2.29. The van der Waals surface area contributed by atoms with Crippen LogP contribution >= 0.6 is 11.8 Å². The lowest BCUT2D eigenvalue weighted by Crippen LogP contribution is -2.25. The first kappa shape index (κ1) is 18.8. The van der Waals surface area contributed by atoms with E-state index in [1.54, 1.807) is 0 Å². The lowest BCUT2D eigenvalue weighted by molar-refractivity contribution is -0.118. The highest BCUT2D eigenvalue weighted by atomic mass is 32.2. The van der Waals surface area contributed by atoms with Gasteiger partial charge in [0.05, 0.1) is 11.8 Å². The van der Waals surface area contributed by atoms with Crippen molar-refractivity contribution in [3.63, 3.8) is 0 Å². The van der Waals surface area contributed by atoms with Crippen LogP contribution in [0.5, 0.6) is 5.75 Å². The van der Waals surface area contributed by atoms with Crippen LogP contribution < -0.4 is 10.1 Å². The second-order valence-corrected chi connectivity index (χ2v) is 8.44. The van der Waals surface area contributed by atoms with Crippen LogP contribution in [0.15, 0.2) is 72.8 Å². The fourth-order valence-corrected chi connectivity index (χ4v) is 4.82. The Balaban J connectivity index is 1.26. The van der Waals surface area contributed by atoms with Crippen LogP contribution in [-0.2, 0) is 17.8 Å². The van der Waals surface area contributed by atoms with E-state index < -0.39 is 0 Å². The van der Waals surface area contributed by atoms with Gasteiger partial charge in [-0.15, -0.1) is 0 Å². The van der Waals surface area contributed by atoms with Crippen molar-refractivity contribution >= 4 is 44.7 Å². The third kappa shape index (κ3) is 3.55. The minimum Gasteiger partial charge on any atom is -0.492 e. The van der Waals surface area contributed by atoms with Crippen molar-refractivity contribution in [1.82, 2.24) is 9.88 Å². The van der Waals surface area contributed by atoms with Crippen LogP contribution in [0.25, 0.3) is 21.8 Å². The number of imide groups is 1. The Bertz CT molecular complexity index is 1190. The Morgan fingerprint density at radius 2 is 1.50 bits per heavy atom. The molecular formula is C24H20N2O3S. The second kappa shape index (κ2) is 7.88. The maximum atomic E-state index is 11.7. The molecule has 1 atom stereocenters. The fourth-order valence-electron chi connectivity index (χ4n) is 3.96. The SMILES string of the molecule is O=C1NC(=O)C(Cc2ccc(OCCn3c4ccccc4c4ccccc43)cc2)S1. The molecule has 3 aromatic carbocycles. The van der Waals surface area contributed by atoms with Crippen LogP contribution in [0.4, 0.5) is 4.79 Å². The van der Waals surface area contributed by atoms with Crippen LogP contribution in [0.1, 0.15) is 5.56 Å². The van der Waals surface area contributed by atoms with Gasteiger partial charge >= 0.3 is 0 Å². The molecule has 1 N–H and O–H groups in total. The zero-order valence-electron chi connectivity index (χ0n) is 16.2. The number of carbonyl (C=O) groups is 2. The Morgan fingerprint density at radius 3 is 2.10 bits per heavy atom. The summed E-state index contributed by atoms with van der Waals surface area (Å²) in [4.78, 5) is 23.0. The molecule has 1 fully saturated rings. The maximum Gasteiger partial charge on any atom is 0.286 e. The molecule has 6 heteroatoms. The molecule has 2 amide bonds. The van der Waals surface area contributed by atoms with Gasteiger partial charge in [-0.25, -0.2) is 0 Å². The summed E-state index contributed by atoms with van der Waals surface area (Å²) in [5, 5.41) is 4.22. The summed E-state index contributed by atoms with van der Waals surface area (Å²) < 4.78 is 8.28. The van der Waals surface area contributed by atoms with Gasteiger partial charge in [0, 0.05) is 21.8 Å². The van der Waals surface area contributed by atoms with Gasteiger partial charge in [-0.05, 0) is 36.2 Å². The summed E-state index contributed by atoms with van der Waals surface area (Å²) >= 11 is 1.05. The number of nitrogens with zero attached hydrogens (tertiary/aromatic N) is 1. The molecule has 0 saturated carbocycles. The molecular weight excluding hydrogens is 396 g/mol. The summed E-state index contributed by atoms with van der Waals surface area (Å²) in [5.41, 5.74) is 3.42. The molecule has 1 aliphatic rings. The number of nitrogens with one attached hydrogen (secondary N) is 1. The molecule has 150 valence electrons. The smallest absolute Gasteiger partial charge is 0.286 e. The number of hydrogen-bond donors (Lipinski definition) is 1. The highest BCUT2D eigenvalue weighted by molar-refractivity contribution is 8.15. The van der Waals surface area contributed by atoms with Gasteiger partial charge in [-0.2, -0.15) is 0 Å². The highest BCUT2D eigenvalue weighted by Gasteiger charge is 2.31. The molecule has 1 aliphatic heterocycles. The molecule has 5 rings (SSSR count).